The Hall–Kier alpha value is -2.63. The molecule has 1 aromatic carbocycles. The number of rotatable bonds is 8. The van der Waals surface area contributed by atoms with Crippen LogP contribution in [0.15, 0.2) is 23.2 Å². The van der Waals surface area contributed by atoms with Gasteiger partial charge in [0, 0.05) is 24.6 Å². The van der Waals surface area contributed by atoms with E-state index in [4.69, 9.17) is 11.5 Å². The summed E-state index contributed by atoms with van der Waals surface area (Å²) in [5.74, 6) is -1.25. The van der Waals surface area contributed by atoms with E-state index in [1.165, 1.54) is 11.9 Å². The molecule has 1 atom stereocenters. The number of carbonyl (C=O) groups is 2. The third-order valence-corrected chi connectivity index (χ3v) is 4.07. The summed E-state index contributed by atoms with van der Waals surface area (Å²) < 4.78 is 76.3. The fourth-order valence-corrected chi connectivity index (χ4v) is 2.69. The Morgan fingerprint density at radius 2 is 1.83 bits per heavy atom. The first-order chi connectivity index (χ1) is 13.2. The third kappa shape index (κ3) is 8.10. The van der Waals surface area contributed by atoms with Crippen LogP contribution in [0.4, 0.5) is 26.3 Å². The van der Waals surface area contributed by atoms with Gasteiger partial charge in [-0.3, -0.25) is 14.5 Å². The van der Waals surface area contributed by atoms with Gasteiger partial charge in [-0.25, -0.2) is 0 Å². The molecule has 1 rings (SSSR count). The minimum atomic E-state index is -4.70. The standard InChI is InChI=1S/C17H20F6N4O2/c1-27(7-6-16(18,19)20)13(4-5-14(29)26-15(24)25)12-3-2-11(17(21,22)23)8-10(12)9-28/h2-3,8-9,13H,4-7H2,1H3,(H4,24,25,26,29). The highest BCUT2D eigenvalue weighted by Gasteiger charge is 2.33. The molecule has 0 saturated carbocycles. The van der Waals surface area contributed by atoms with E-state index < -0.39 is 48.8 Å². The number of aldehydes is 1. The molecule has 1 amide bonds. The number of carbonyl (C=O) groups excluding carboxylic acids is 2. The molecule has 0 bridgehead atoms. The van der Waals surface area contributed by atoms with Gasteiger partial charge in [0.05, 0.1) is 12.0 Å². The summed E-state index contributed by atoms with van der Waals surface area (Å²) in [5.41, 5.74) is 8.83. The van der Waals surface area contributed by atoms with E-state index in [2.05, 4.69) is 4.99 Å². The first-order valence-electron chi connectivity index (χ1n) is 8.30. The lowest BCUT2D eigenvalue weighted by Crippen LogP contribution is -2.30. The lowest BCUT2D eigenvalue weighted by atomic mass is 9.94. The zero-order valence-electron chi connectivity index (χ0n) is 15.3. The maximum Gasteiger partial charge on any atom is 0.416 e. The van der Waals surface area contributed by atoms with E-state index in [0.29, 0.717) is 6.07 Å². The Morgan fingerprint density at radius 1 is 1.21 bits per heavy atom. The molecular weight excluding hydrogens is 406 g/mol. The van der Waals surface area contributed by atoms with E-state index in [9.17, 15) is 35.9 Å². The molecule has 12 heteroatoms. The van der Waals surface area contributed by atoms with Crippen LogP contribution >= 0.6 is 0 Å². The molecule has 0 aliphatic heterocycles. The van der Waals surface area contributed by atoms with Crippen LogP contribution in [0, 0.1) is 0 Å². The van der Waals surface area contributed by atoms with Gasteiger partial charge in [0.1, 0.15) is 6.29 Å². The summed E-state index contributed by atoms with van der Waals surface area (Å²) in [4.78, 5) is 27.6. The van der Waals surface area contributed by atoms with Crippen LogP contribution in [-0.4, -0.2) is 42.8 Å². The Morgan fingerprint density at radius 3 is 2.31 bits per heavy atom. The lowest BCUT2D eigenvalue weighted by Gasteiger charge is -2.30. The molecule has 6 nitrogen and oxygen atoms in total. The van der Waals surface area contributed by atoms with Crippen molar-refractivity contribution in [1.82, 2.24) is 4.90 Å². The summed E-state index contributed by atoms with van der Waals surface area (Å²) in [5, 5.41) is 0. The van der Waals surface area contributed by atoms with Crippen LogP contribution in [0.5, 0.6) is 0 Å². The molecule has 0 saturated heterocycles. The average Bonchev–Trinajstić information content (AvgIpc) is 2.58. The van der Waals surface area contributed by atoms with E-state index in [-0.39, 0.29) is 30.3 Å². The fourth-order valence-electron chi connectivity index (χ4n) is 2.69. The molecular formula is C17H20F6N4O2. The van der Waals surface area contributed by atoms with E-state index in [1.807, 2.05) is 0 Å². The van der Waals surface area contributed by atoms with Gasteiger partial charge in [0.15, 0.2) is 5.96 Å². The molecule has 0 aliphatic rings. The number of hydrogen-bond acceptors (Lipinski definition) is 3. The first kappa shape index (κ1) is 24.4. The van der Waals surface area contributed by atoms with Crippen LogP contribution in [0.1, 0.15) is 46.8 Å². The molecule has 0 fully saturated rings. The van der Waals surface area contributed by atoms with Gasteiger partial charge in [-0.05, 0) is 31.2 Å². The molecule has 0 spiro atoms. The van der Waals surface area contributed by atoms with Gasteiger partial charge in [-0.1, -0.05) is 6.07 Å². The second kappa shape index (κ2) is 9.72. The Bertz CT molecular complexity index is 757. The molecule has 0 aliphatic carbocycles. The van der Waals surface area contributed by atoms with Crippen molar-refractivity contribution in [2.24, 2.45) is 16.5 Å². The van der Waals surface area contributed by atoms with E-state index in [1.54, 1.807) is 0 Å². The van der Waals surface area contributed by atoms with Gasteiger partial charge in [-0.15, -0.1) is 0 Å². The smallest absolute Gasteiger partial charge is 0.370 e. The summed E-state index contributed by atoms with van der Waals surface area (Å²) in [7, 11) is 1.31. The summed E-state index contributed by atoms with van der Waals surface area (Å²) >= 11 is 0. The maximum atomic E-state index is 12.9. The van der Waals surface area contributed by atoms with Gasteiger partial charge >= 0.3 is 12.4 Å². The Labute approximate surface area is 162 Å². The summed E-state index contributed by atoms with van der Waals surface area (Å²) in [6, 6.07) is 1.42. The van der Waals surface area contributed by atoms with Crippen molar-refractivity contribution in [3.63, 3.8) is 0 Å². The summed E-state index contributed by atoms with van der Waals surface area (Å²) in [6.45, 7) is -0.496. The molecule has 1 aromatic rings. The minimum absolute atomic E-state index is 0.0650. The van der Waals surface area contributed by atoms with Crippen molar-refractivity contribution in [3.8, 4) is 0 Å². The predicted molar refractivity (Wildman–Crippen MR) is 92.9 cm³/mol. The van der Waals surface area contributed by atoms with Crippen LogP contribution < -0.4 is 11.5 Å². The van der Waals surface area contributed by atoms with Crippen molar-refractivity contribution in [2.75, 3.05) is 13.6 Å². The lowest BCUT2D eigenvalue weighted by molar-refractivity contribution is -0.139. The highest BCUT2D eigenvalue weighted by atomic mass is 19.4. The van der Waals surface area contributed by atoms with Crippen LogP contribution in [-0.2, 0) is 11.0 Å². The second-order valence-electron chi connectivity index (χ2n) is 6.29. The zero-order chi connectivity index (χ0) is 22.4. The average molecular weight is 426 g/mol. The number of amides is 1. The van der Waals surface area contributed by atoms with Crippen molar-refractivity contribution in [2.45, 2.75) is 37.7 Å². The SMILES string of the molecule is CN(CCC(F)(F)F)C(CCC(=O)N=C(N)N)c1ccc(C(F)(F)F)cc1C=O. The Balaban J connectivity index is 3.23. The molecule has 4 N–H and O–H groups in total. The zero-order valence-corrected chi connectivity index (χ0v) is 15.3. The monoisotopic (exact) mass is 426 g/mol. The van der Waals surface area contributed by atoms with Crippen molar-refractivity contribution >= 4 is 18.2 Å². The minimum Gasteiger partial charge on any atom is -0.370 e. The number of aliphatic imine (C=N–C) groups is 1. The number of nitrogens with two attached hydrogens (primary N) is 2. The number of hydrogen-bond donors (Lipinski definition) is 2. The van der Waals surface area contributed by atoms with Gasteiger partial charge < -0.3 is 11.5 Å². The van der Waals surface area contributed by atoms with Crippen LogP contribution in [0.2, 0.25) is 0 Å². The van der Waals surface area contributed by atoms with Gasteiger partial charge in [0.2, 0.25) is 5.91 Å². The number of nitrogens with zero attached hydrogens (tertiary/aromatic N) is 2. The predicted octanol–water partition coefficient (Wildman–Crippen LogP) is 3.02. The number of alkyl halides is 6. The van der Waals surface area contributed by atoms with Crippen LogP contribution in [0.25, 0.3) is 0 Å². The van der Waals surface area contributed by atoms with Gasteiger partial charge in [0.25, 0.3) is 0 Å². The quantitative estimate of drug-likeness (QED) is 0.288. The normalized spacial score (nSPS) is 13.2. The fraction of sp³-hybridized carbons (Fsp3) is 0.471. The van der Waals surface area contributed by atoms with Crippen molar-refractivity contribution in [1.29, 1.82) is 0 Å². The second-order valence-corrected chi connectivity index (χ2v) is 6.29. The van der Waals surface area contributed by atoms with Crippen LogP contribution in [0.3, 0.4) is 0 Å². The molecule has 162 valence electrons. The topological polar surface area (TPSA) is 102 Å². The third-order valence-electron chi connectivity index (χ3n) is 4.07. The van der Waals surface area contributed by atoms with Crippen molar-refractivity contribution in [3.05, 3.63) is 34.9 Å². The van der Waals surface area contributed by atoms with E-state index in [0.717, 1.165) is 12.1 Å². The number of benzene rings is 1. The van der Waals surface area contributed by atoms with E-state index >= 15 is 0 Å². The first-order valence-corrected chi connectivity index (χ1v) is 8.30. The highest BCUT2D eigenvalue weighted by molar-refractivity contribution is 5.91. The maximum absolute atomic E-state index is 12.9. The number of halogens is 6. The van der Waals surface area contributed by atoms with Gasteiger partial charge in [-0.2, -0.15) is 31.3 Å². The number of guanidine groups is 1. The Kier molecular flexibility index (Phi) is 8.18. The van der Waals surface area contributed by atoms with Crippen molar-refractivity contribution < 1.29 is 35.9 Å². The largest absolute Gasteiger partial charge is 0.416 e. The molecule has 0 heterocycles. The molecule has 29 heavy (non-hydrogen) atoms. The summed E-state index contributed by atoms with van der Waals surface area (Å²) in [6.07, 6.45) is -10.6. The highest BCUT2D eigenvalue weighted by Crippen LogP contribution is 2.34. The molecule has 1 unspecified atom stereocenters. The molecule has 0 radical (unpaired) electrons. The molecule has 0 aromatic heterocycles.